The Hall–Kier alpha value is -1.99. The van der Waals surface area contributed by atoms with Crippen LogP contribution in [0.25, 0.3) is 6.08 Å². The zero-order chi connectivity index (χ0) is 21.1. The number of fused-ring (bicyclic) bond motifs is 1. The molecule has 7 heteroatoms. The van der Waals surface area contributed by atoms with Crippen molar-refractivity contribution in [3.63, 3.8) is 0 Å². The van der Waals surface area contributed by atoms with Crippen LogP contribution in [0, 0.1) is 5.82 Å². The number of hydrogen-bond acceptors (Lipinski definition) is 3. The number of rotatable bonds is 5. The van der Waals surface area contributed by atoms with Gasteiger partial charge in [-0.1, -0.05) is 37.8 Å². The Morgan fingerprint density at radius 2 is 1.90 bits per heavy atom. The van der Waals surface area contributed by atoms with Crippen molar-refractivity contribution in [1.29, 1.82) is 0 Å². The van der Waals surface area contributed by atoms with Crippen molar-refractivity contribution >= 4 is 16.2 Å². The molecule has 1 fully saturated rings. The monoisotopic (exact) mass is 432 g/mol. The minimum Gasteiger partial charge on any atom is -0.282 e. The van der Waals surface area contributed by atoms with Gasteiger partial charge in [0.1, 0.15) is 5.82 Å². The third-order valence-electron chi connectivity index (χ3n) is 6.39. The first-order valence-corrected chi connectivity index (χ1v) is 12.4. The van der Waals surface area contributed by atoms with E-state index < -0.39 is 10.1 Å². The van der Waals surface area contributed by atoms with Crippen molar-refractivity contribution in [2.75, 3.05) is 0 Å². The van der Waals surface area contributed by atoms with E-state index >= 15 is 0 Å². The average molecular weight is 433 g/mol. The van der Waals surface area contributed by atoms with Gasteiger partial charge >= 0.3 is 0 Å². The molecule has 5 nitrogen and oxygen atoms in total. The van der Waals surface area contributed by atoms with Gasteiger partial charge < -0.3 is 0 Å². The van der Waals surface area contributed by atoms with Gasteiger partial charge in [0.05, 0.1) is 17.1 Å². The molecule has 1 heterocycles. The van der Waals surface area contributed by atoms with Crippen LogP contribution in [0.5, 0.6) is 0 Å². The molecule has 2 aliphatic carbocycles. The highest BCUT2D eigenvalue weighted by Gasteiger charge is 2.30. The molecule has 1 atom stereocenters. The van der Waals surface area contributed by atoms with E-state index in [1.54, 1.807) is 12.1 Å². The molecule has 1 saturated carbocycles. The normalized spacial score (nSPS) is 20.9. The third-order valence-corrected chi connectivity index (χ3v) is 6.87. The molecule has 1 unspecified atom stereocenters. The fourth-order valence-corrected chi connectivity index (χ4v) is 5.35. The summed E-state index contributed by atoms with van der Waals surface area (Å²) in [5.41, 5.74) is 3.87. The lowest BCUT2D eigenvalue weighted by Crippen LogP contribution is -2.19. The maximum atomic E-state index is 13.8. The van der Waals surface area contributed by atoms with E-state index in [-0.39, 0.29) is 11.7 Å². The molecule has 30 heavy (non-hydrogen) atoms. The zero-order valence-electron chi connectivity index (χ0n) is 17.1. The van der Waals surface area contributed by atoms with Gasteiger partial charge in [-0.15, -0.1) is 0 Å². The summed E-state index contributed by atoms with van der Waals surface area (Å²) in [5.74, 6) is -0.00878. The first-order chi connectivity index (χ1) is 14.4. The van der Waals surface area contributed by atoms with Gasteiger partial charge in [0.2, 0.25) is 0 Å². The standard InChI is InChI=1S/C23H29FN2O3S/c24-19-9-6-7-17(16-19)15-18-8-4-5-12-21-22(13-14-30(27,28)29)25-26(23(18)21)20-10-2-1-3-11-20/h6-7,9,13-14,16,18,20H,1-5,8,10-12,15H2,(H,27,28,29)/b14-13+. The molecular weight excluding hydrogens is 403 g/mol. The summed E-state index contributed by atoms with van der Waals surface area (Å²) in [6.45, 7) is 0. The van der Waals surface area contributed by atoms with Crippen molar-refractivity contribution in [1.82, 2.24) is 9.78 Å². The van der Waals surface area contributed by atoms with Crippen LogP contribution in [0.1, 0.15) is 85.8 Å². The summed E-state index contributed by atoms with van der Waals surface area (Å²) < 4.78 is 47.7. The third kappa shape index (κ3) is 5.01. The highest BCUT2D eigenvalue weighted by Crippen LogP contribution is 2.39. The quantitative estimate of drug-likeness (QED) is 0.504. The minimum absolute atomic E-state index is 0.214. The molecule has 0 bridgehead atoms. The molecule has 0 saturated heterocycles. The van der Waals surface area contributed by atoms with Crippen LogP contribution in [-0.4, -0.2) is 22.8 Å². The number of nitrogens with zero attached hydrogens (tertiary/aromatic N) is 2. The Morgan fingerprint density at radius 1 is 1.13 bits per heavy atom. The second kappa shape index (κ2) is 9.02. The van der Waals surface area contributed by atoms with Crippen molar-refractivity contribution in [3.05, 3.63) is 58.0 Å². The van der Waals surface area contributed by atoms with E-state index in [0.717, 1.165) is 61.5 Å². The summed E-state index contributed by atoms with van der Waals surface area (Å²) in [6.07, 6.45) is 11.8. The molecule has 0 radical (unpaired) electrons. The molecule has 2 aromatic rings. The molecule has 1 aromatic carbocycles. The van der Waals surface area contributed by atoms with Crippen LogP contribution in [0.4, 0.5) is 4.39 Å². The minimum atomic E-state index is -4.21. The van der Waals surface area contributed by atoms with Gasteiger partial charge in [-0.2, -0.15) is 13.5 Å². The van der Waals surface area contributed by atoms with Crippen LogP contribution in [0.15, 0.2) is 29.7 Å². The first-order valence-electron chi connectivity index (χ1n) is 10.9. The Labute approximate surface area is 177 Å². The van der Waals surface area contributed by atoms with E-state index in [0.29, 0.717) is 11.7 Å². The maximum absolute atomic E-state index is 13.8. The number of benzene rings is 1. The predicted octanol–water partition coefficient (Wildman–Crippen LogP) is 5.44. The highest BCUT2D eigenvalue weighted by atomic mass is 32.2. The summed E-state index contributed by atoms with van der Waals surface area (Å²) in [7, 11) is -4.21. The van der Waals surface area contributed by atoms with Gasteiger partial charge in [-0.25, -0.2) is 4.39 Å². The molecule has 2 aliphatic rings. The van der Waals surface area contributed by atoms with Crippen molar-refractivity contribution in [2.24, 2.45) is 0 Å². The van der Waals surface area contributed by atoms with E-state index in [2.05, 4.69) is 4.68 Å². The van der Waals surface area contributed by atoms with Gasteiger partial charge in [0, 0.05) is 17.2 Å². The van der Waals surface area contributed by atoms with Crippen molar-refractivity contribution in [2.45, 2.75) is 76.2 Å². The van der Waals surface area contributed by atoms with Crippen LogP contribution < -0.4 is 0 Å². The number of halogens is 1. The highest BCUT2D eigenvalue weighted by molar-refractivity contribution is 7.88. The zero-order valence-corrected chi connectivity index (χ0v) is 18.0. The molecule has 4 rings (SSSR count). The van der Waals surface area contributed by atoms with E-state index in [4.69, 9.17) is 5.10 Å². The summed E-state index contributed by atoms with van der Waals surface area (Å²) in [5, 5.41) is 5.68. The van der Waals surface area contributed by atoms with Gasteiger partial charge in [-0.3, -0.25) is 9.23 Å². The van der Waals surface area contributed by atoms with Gasteiger partial charge in [-0.05, 0) is 62.3 Å². The van der Waals surface area contributed by atoms with Crippen LogP contribution in [0.2, 0.25) is 0 Å². The van der Waals surface area contributed by atoms with E-state index in [9.17, 15) is 17.4 Å². The largest absolute Gasteiger partial charge is 0.287 e. The summed E-state index contributed by atoms with van der Waals surface area (Å²) >= 11 is 0. The lowest BCUT2D eigenvalue weighted by molar-refractivity contribution is 0.315. The van der Waals surface area contributed by atoms with Crippen molar-refractivity contribution < 1.29 is 17.4 Å². The molecule has 0 aliphatic heterocycles. The SMILES string of the molecule is O=S(=O)(O)/C=C/c1nn(C2CCCCC2)c2c1CCCCC2Cc1cccc(F)c1. The second-order valence-corrected chi connectivity index (χ2v) is 9.88. The van der Waals surface area contributed by atoms with Gasteiger partial charge in [0.15, 0.2) is 0 Å². The lowest BCUT2D eigenvalue weighted by Gasteiger charge is -2.27. The fraction of sp³-hybridized carbons (Fsp3) is 0.522. The summed E-state index contributed by atoms with van der Waals surface area (Å²) in [6, 6.07) is 7.10. The van der Waals surface area contributed by atoms with E-state index in [1.807, 2.05) is 6.07 Å². The summed E-state index contributed by atoms with van der Waals surface area (Å²) in [4.78, 5) is 0. The van der Waals surface area contributed by atoms with Crippen molar-refractivity contribution in [3.8, 4) is 0 Å². The first kappa shape index (κ1) is 21.2. The molecule has 1 N–H and O–H groups in total. The molecule has 0 amide bonds. The Morgan fingerprint density at radius 3 is 2.63 bits per heavy atom. The molecule has 0 spiro atoms. The second-order valence-electron chi connectivity index (χ2n) is 8.58. The average Bonchev–Trinajstić information content (AvgIpc) is 2.95. The Bertz CT molecular complexity index is 1020. The van der Waals surface area contributed by atoms with Crippen LogP contribution in [0.3, 0.4) is 0 Å². The molecule has 1 aromatic heterocycles. The molecule has 162 valence electrons. The smallest absolute Gasteiger partial charge is 0.282 e. The van der Waals surface area contributed by atoms with Crippen LogP contribution in [-0.2, 0) is 23.0 Å². The fourth-order valence-electron chi connectivity index (χ4n) is 5.05. The van der Waals surface area contributed by atoms with Crippen LogP contribution >= 0.6 is 0 Å². The van der Waals surface area contributed by atoms with E-state index in [1.165, 1.54) is 37.1 Å². The Balaban J connectivity index is 1.78. The van der Waals surface area contributed by atoms with Gasteiger partial charge in [0.25, 0.3) is 10.1 Å². The Kier molecular flexibility index (Phi) is 6.39. The topological polar surface area (TPSA) is 72.2 Å². The maximum Gasteiger partial charge on any atom is 0.287 e. The number of hydrogen-bond donors (Lipinski definition) is 1. The number of aromatic nitrogens is 2. The lowest BCUT2D eigenvalue weighted by atomic mass is 9.89. The molecular formula is C23H29FN2O3S. The predicted molar refractivity (Wildman–Crippen MR) is 115 cm³/mol.